The van der Waals surface area contributed by atoms with Gasteiger partial charge in [-0.1, -0.05) is 42.5 Å². The van der Waals surface area contributed by atoms with Crippen LogP contribution in [-0.2, 0) is 22.5 Å². The van der Waals surface area contributed by atoms with Gasteiger partial charge in [0.15, 0.2) is 5.76 Å². The van der Waals surface area contributed by atoms with Crippen LogP contribution < -0.4 is 10.2 Å². The second kappa shape index (κ2) is 10.1. The number of carbonyl (C=O) groups excluding carboxylic acids is 2. The Morgan fingerprint density at radius 3 is 2.45 bits per heavy atom. The van der Waals surface area contributed by atoms with E-state index in [2.05, 4.69) is 5.32 Å². The number of amides is 2. The quantitative estimate of drug-likeness (QED) is 0.601. The maximum absolute atomic E-state index is 13.0. The van der Waals surface area contributed by atoms with Crippen molar-refractivity contribution in [3.63, 3.8) is 0 Å². The summed E-state index contributed by atoms with van der Waals surface area (Å²) in [6, 6.07) is 20.7. The molecule has 31 heavy (non-hydrogen) atoms. The zero-order valence-corrected chi connectivity index (χ0v) is 17.3. The molecule has 2 heterocycles. The maximum Gasteiger partial charge on any atom is 0.294 e. The number of ether oxygens (including phenoxy) is 1. The number of nitrogens with zero attached hydrogens (tertiary/aromatic N) is 1. The highest BCUT2D eigenvalue weighted by Gasteiger charge is 2.21. The number of rotatable bonds is 8. The van der Waals surface area contributed by atoms with Crippen molar-refractivity contribution >= 4 is 17.5 Å². The topological polar surface area (TPSA) is 71.8 Å². The largest absolute Gasteiger partial charge is 0.459 e. The molecule has 1 fully saturated rings. The molecule has 0 spiro atoms. The number of furan rings is 1. The third-order valence-electron chi connectivity index (χ3n) is 5.32. The normalized spacial score (nSPS) is 15.5. The summed E-state index contributed by atoms with van der Waals surface area (Å²) in [5, 5.41) is 2.94. The van der Waals surface area contributed by atoms with Crippen LogP contribution in [0.1, 0.15) is 34.5 Å². The molecule has 0 saturated carbocycles. The fourth-order valence-corrected chi connectivity index (χ4v) is 3.65. The Bertz CT molecular complexity index is 978. The number of benzene rings is 2. The van der Waals surface area contributed by atoms with Gasteiger partial charge in [-0.3, -0.25) is 9.59 Å². The van der Waals surface area contributed by atoms with Crippen LogP contribution in [0.25, 0.3) is 0 Å². The minimum absolute atomic E-state index is 0.0314. The van der Waals surface area contributed by atoms with Crippen LogP contribution in [0.5, 0.6) is 0 Å². The summed E-state index contributed by atoms with van der Waals surface area (Å²) in [6.07, 6.45) is 3.96. The van der Waals surface area contributed by atoms with Crippen LogP contribution in [0.15, 0.2) is 77.4 Å². The van der Waals surface area contributed by atoms with E-state index in [0.29, 0.717) is 13.1 Å². The first-order valence-electron chi connectivity index (χ1n) is 10.6. The summed E-state index contributed by atoms with van der Waals surface area (Å²) < 4.78 is 10.9. The number of hydrogen-bond acceptors (Lipinski definition) is 4. The first kappa shape index (κ1) is 20.9. The van der Waals surface area contributed by atoms with E-state index in [4.69, 9.17) is 9.15 Å². The van der Waals surface area contributed by atoms with E-state index >= 15 is 0 Å². The zero-order chi connectivity index (χ0) is 21.5. The lowest BCUT2D eigenvalue weighted by Crippen LogP contribution is -2.32. The van der Waals surface area contributed by atoms with Crippen molar-refractivity contribution in [2.45, 2.75) is 31.9 Å². The van der Waals surface area contributed by atoms with E-state index in [1.807, 2.05) is 54.6 Å². The SMILES string of the molecule is O=C(Cc1ccc(N(Cc2ccccc2)C(=O)c2ccco2)cc1)NC[C@H]1CCCO1. The maximum atomic E-state index is 13.0. The summed E-state index contributed by atoms with van der Waals surface area (Å²) in [5.74, 6) is 0.0421. The van der Waals surface area contributed by atoms with Gasteiger partial charge in [-0.25, -0.2) is 0 Å². The van der Waals surface area contributed by atoms with Crippen LogP contribution in [0.3, 0.4) is 0 Å². The Balaban J connectivity index is 1.44. The molecule has 3 aromatic rings. The molecular weight excluding hydrogens is 392 g/mol. The number of carbonyl (C=O) groups is 2. The molecule has 0 bridgehead atoms. The molecule has 1 aromatic heterocycles. The Morgan fingerprint density at radius 1 is 0.968 bits per heavy atom. The van der Waals surface area contributed by atoms with Gasteiger partial charge in [-0.15, -0.1) is 0 Å². The Kier molecular flexibility index (Phi) is 6.79. The monoisotopic (exact) mass is 418 g/mol. The summed E-state index contributed by atoms with van der Waals surface area (Å²) in [6.45, 7) is 1.75. The Morgan fingerprint density at radius 2 is 1.77 bits per heavy atom. The van der Waals surface area contributed by atoms with Gasteiger partial charge in [0.2, 0.25) is 5.91 Å². The second-order valence-corrected chi connectivity index (χ2v) is 7.64. The van der Waals surface area contributed by atoms with Crippen molar-refractivity contribution in [2.75, 3.05) is 18.1 Å². The lowest BCUT2D eigenvalue weighted by Gasteiger charge is -2.22. The minimum atomic E-state index is -0.212. The van der Waals surface area contributed by atoms with Crippen molar-refractivity contribution < 1.29 is 18.7 Å². The van der Waals surface area contributed by atoms with Gasteiger partial charge in [-0.2, -0.15) is 0 Å². The molecule has 2 aromatic carbocycles. The van der Waals surface area contributed by atoms with Crippen molar-refractivity contribution in [3.8, 4) is 0 Å². The third-order valence-corrected chi connectivity index (χ3v) is 5.32. The van der Waals surface area contributed by atoms with Gasteiger partial charge in [-0.05, 0) is 48.2 Å². The fraction of sp³-hybridized carbons (Fsp3) is 0.280. The first-order chi connectivity index (χ1) is 15.2. The van der Waals surface area contributed by atoms with Gasteiger partial charge >= 0.3 is 0 Å². The highest BCUT2D eigenvalue weighted by molar-refractivity contribution is 6.04. The van der Waals surface area contributed by atoms with Crippen LogP contribution in [0.2, 0.25) is 0 Å². The molecule has 0 aliphatic carbocycles. The van der Waals surface area contributed by atoms with Crippen molar-refractivity contribution in [2.24, 2.45) is 0 Å². The van der Waals surface area contributed by atoms with Crippen molar-refractivity contribution in [1.82, 2.24) is 5.32 Å². The van der Waals surface area contributed by atoms with Crippen molar-refractivity contribution in [1.29, 1.82) is 0 Å². The van der Waals surface area contributed by atoms with Crippen LogP contribution >= 0.6 is 0 Å². The molecule has 160 valence electrons. The van der Waals surface area contributed by atoms with E-state index in [-0.39, 0.29) is 30.1 Å². The van der Waals surface area contributed by atoms with Crippen LogP contribution in [0.4, 0.5) is 5.69 Å². The molecule has 1 aliphatic rings. The molecule has 1 atom stereocenters. The van der Waals surface area contributed by atoms with Crippen molar-refractivity contribution in [3.05, 3.63) is 89.9 Å². The second-order valence-electron chi connectivity index (χ2n) is 7.64. The number of hydrogen-bond donors (Lipinski definition) is 1. The molecule has 6 nitrogen and oxygen atoms in total. The highest BCUT2D eigenvalue weighted by Crippen LogP contribution is 2.22. The van der Waals surface area contributed by atoms with Crippen LogP contribution in [-0.4, -0.2) is 31.1 Å². The van der Waals surface area contributed by atoms with Gasteiger partial charge in [0.1, 0.15) is 0 Å². The van der Waals surface area contributed by atoms with Crippen LogP contribution in [0, 0.1) is 0 Å². The van der Waals surface area contributed by atoms with E-state index < -0.39 is 0 Å². The molecule has 2 amide bonds. The molecular formula is C25H26N2O4. The predicted octanol–water partition coefficient (Wildman–Crippen LogP) is 3.96. The molecule has 1 N–H and O–H groups in total. The summed E-state index contributed by atoms with van der Waals surface area (Å²) in [7, 11) is 0. The predicted molar refractivity (Wildman–Crippen MR) is 118 cm³/mol. The number of anilines is 1. The Labute approximate surface area is 181 Å². The average Bonchev–Trinajstić information content (AvgIpc) is 3.51. The fourth-order valence-electron chi connectivity index (χ4n) is 3.65. The average molecular weight is 418 g/mol. The smallest absolute Gasteiger partial charge is 0.294 e. The minimum Gasteiger partial charge on any atom is -0.459 e. The Hall–Kier alpha value is -3.38. The molecule has 0 radical (unpaired) electrons. The molecule has 0 unspecified atom stereocenters. The van der Waals surface area contributed by atoms with Gasteiger partial charge in [0.25, 0.3) is 5.91 Å². The molecule has 4 rings (SSSR count). The van der Waals surface area contributed by atoms with Gasteiger partial charge in [0, 0.05) is 18.8 Å². The third kappa shape index (κ3) is 5.61. The van der Waals surface area contributed by atoms with Gasteiger partial charge < -0.3 is 19.4 Å². The highest BCUT2D eigenvalue weighted by atomic mass is 16.5. The van der Waals surface area contributed by atoms with E-state index in [1.54, 1.807) is 17.0 Å². The summed E-state index contributed by atoms with van der Waals surface area (Å²) in [5.41, 5.74) is 2.65. The van der Waals surface area contributed by atoms with Gasteiger partial charge in [0.05, 0.1) is 25.3 Å². The number of nitrogens with one attached hydrogen (secondary N) is 1. The first-order valence-corrected chi connectivity index (χ1v) is 10.6. The lowest BCUT2D eigenvalue weighted by atomic mass is 10.1. The molecule has 1 aliphatic heterocycles. The van der Waals surface area contributed by atoms with E-state index in [9.17, 15) is 9.59 Å². The lowest BCUT2D eigenvalue weighted by molar-refractivity contribution is -0.120. The summed E-state index contributed by atoms with van der Waals surface area (Å²) >= 11 is 0. The standard InChI is InChI=1S/C25H26N2O4/c28-24(26-17-22-8-4-14-30-22)16-19-10-12-21(13-11-19)27(18-20-6-2-1-3-7-20)25(29)23-9-5-15-31-23/h1-3,5-7,9-13,15,22H,4,8,14,16-18H2,(H,26,28)/t22-/m1/s1. The van der Waals surface area contributed by atoms with E-state index in [0.717, 1.165) is 36.3 Å². The zero-order valence-electron chi connectivity index (χ0n) is 17.3. The summed E-state index contributed by atoms with van der Waals surface area (Å²) in [4.78, 5) is 27.0. The van der Waals surface area contributed by atoms with E-state index in [1.165, 1.54) is 6.26 Å². The molecule has 6 heteroatoms. The molecule has 1 saturated heterocycles.